The molecule has 11 heteroatoms. The number of nitrogens with zero attached hydrogens (tertiary/aromatic N) is 1. The highest BCUT2D eigenvalue weighted by Crippen LogP contribution is 2.24. The Balaban J connectivity index is 2.08. The third-order valence-corrected chi connectivity index (χ3v) is 6.00. The molecule has 0 saturated carbocycles. The molecule has 1 unspecified atom stereocenters. The zero-order chi connectivity index (χ0) is 20.7. The first kappa shape index (κ1) is 22.2. The van der Waals surface area contributed by atoms with Gasteiger partial charge in [0.2, 0.25) is 10.0 Å². The predicted molar refractivity (Wildman–Crippen MR) is 95.5 cm³/mol. The molecule has 0 radical (unpaired) electrons. The topological polar surface area (TPSA) is 105 Å². The van der Waals surface area contributed by atoms with E-state index in [4.69, 9.17) is 4.74 Å². The average Bonchev–Trinajstić information content (AvgIpc) is 2.68. The van der Waals surface area contributed by atoms with Crippen molar-refractivity contribution in [2.75, 3.05) is 26.2 Å². The van der Waals surface area contributed by atoms with Crippen LogP contribution in [0.4, 0.5) is 8.78 Å². The van der Waals surface area contributed by atoms with E-state index in [0.29, 0.717) is 19.0 Å². The van der Waals surface area contributed by atoms with Gasteiger partial charge in [0, 0.05) is 13.1 Å². The lowest BCUT2D eigenvalue weighted by Gasteiger charge is -2.34. The number of ether oxygens (including phenoxy) is 1. The molecule has 1 saturated heterocycles. The zero-order valence-corrected chi connectivity index (χ0v) is 16.2. The first-order valence-corrected chi connectivity index (χ1v) is 10.4. The fourth-order valence-electron chi connectivity index (χ4n) is 2.62. The summed E-state index contributed by atoms with van der Waals surface area (Å²) in [5, 5.41) is 4.75. The standard InChI is InChI=1S/C17H23F2N3O5S/c1-2-3-7-20-16(23)17(24)21-11-15-22(8-4-9-27-15)28(25,26)14-10-12(18)5-6-13(14)19/h5-6,10,15H,2-4,7-9,11H2,1H3,(H,20,23)(H,21,24). The Morgan fingerprint density at radius 3 is 2.68 bits per heavy atom. The Hall–Kier alpha value is -2.11. The fraction of sp³-hybridized carbons (Fsp3) is 0.529. The lowest BCUT2D eigenvalue weighted by molar-refractivity contribution is -0.140. The quantitative estimate of drug-likeness (QED) is 0.501. The van der Waals surface area contributed by atoms with Gasteiger partial charge in [0.1, 0.15) is 22.8 Å². The maximum atomic E-state index is 14.0. The minimum absolute atomic E-state index is 0.00151. The fourth-order valence-corrected chi connectivity index (χ4v) is 4.27. The molecule has 1 aliphatic rings. The lowest BCUT2D eigenvalue weighted by Crippen LogP contribution is -2.53. The van der Waals surface area contributed by atoms with Gasteiger partial charge in [-0.1, -0.05) is 13.3 Å². The van der Waals surface area contributed by atoms with Crippen molar-refractivity contribution in [3.8, 4) is 0 Å². The highest BCUT2D eigenvalue weighted by molar-refractivity contribution is 7.89. The number of amides is 2. The Labute approximate surface area is 162 Å². The summed E-state index contributed by atoms with van der Waals surface area (Å²) in [7, 11) is -4.41. The minimum atomic E-state index is -4.41. The lowest BCUT2D eigenvalue weighted by atomic mass is 10.3. The summed E-state index contributed by atoms with van der Waals surface area (Å²) in [5.41, 5.74) is 0. The summed E-state index contributed by atoms with van der Waals surface area (Å²) in [6.45, 7) is 2.20. The summed E-state index contributed by atoms with van der Waals surface area (Å²) in [5.74, 6) is -3.76. The van der Waals surface area contributed by atoms with Gasteiger partial charge in [-0.25, -0.2) is 17.2 Å². The molecule has 1 aromatic rings. The van der Waals surface area contributed by atoms with Gasteiger partial charge in [0.15, 0.2) is 0 Å². The second-order valence-electron chi connectivity index (χ2n) is 6.19. The molecule has 0 bridgehead atoms. The number of nitrogens with one attached hydrogen (secondary N) is 2. The van der Waals surface area contributed by atoms with Gasteiger partial charge in [0.05, 0.1) is 13.2 Å². The van der Waals surface area contributed by atoms with Crippen LogP contribution in [0.2, 0.25) is 0 Å². The molecular formula is C17H23F2N3O5S. The molecule has 28 heavy (non-hydrogen) atoms. The van der Waals surface area contributed by atoms with E-state index in [9.17, 15) is 26.8 Å². The molecule has 1 aliphatic heterocycles. The second kappa shape index (κ2) is 9.89. The summed E-state index contributed by atoms with van der Waals surface area (Å²) in [6, 6.07) is 2.14. The predicted octanol–water partition coefficient (Wildman–Crippen LogP) is 0.734. The van der Waals surface area contributed by atoms with Crippen molar-refractivity contribution in [1.29, 1.82) is 0 Å². The average molecular weight is 419 g/mol. The van der Waals surface area contributed by atoms with Crippen LogP contribution in [0.3, 0.4) is 0 Å². The van der Waals surface area contributed by atoms with E-state index in [1.54, 1.807) is 0 Å². The number of benzene rings is 1. The van der Waals surface area contributed by atoms with E-state index >= 15 is 0 Å². The van der Waals surface area contributed by atoms with Crippen LogP contribution in [-0.4, -0.2) is 57.0 Å². The number of halogens is 2. The first-order chi connectivity index (χ1) is 13.3. The number of hydrogen-bond donors (Lipinski definition) is 2. The van der Waals surface area contributed by atoms with Gasteiger partial charge in [-0.3, -0.25) is 9.59 Å². The Kier molecular flexibility index (Phi) is 7.84. The highest BCUT2D eigenvalue weighted by Gasteiger charge is 2.36. The molecule has 1 heterocycles. The SMILES string of the molecule is CCCCNC(=O)C(=O)NCC1OCCCN1S(=O)(=O)c1cc(F)ccc1F. The molecule has 8 nitrogen and oxygen atoms in total. The van der Waals surface area contributed by atoms with Gasteiger partial charge < -0.3 is 15.4 Å². The first-order valence-electron chi connectivity index (χ1n) is 8.92. The number of rotatable bonds is 7. The number of unbranched alkanes of at least 4 members (excludes halogenated alkanes) is 1. The van der Waals surface area contributed by atoms with Crippen LogP contribution >= 0.6 is 0 Å². The van der Waals surface area contributed by atoms with Crippen molar-refractivity contribution in [3.63, 3.8) is 0 Å². The van der Waals surface area contributed by atoms with Gasteiger partial charge in [-0.05, 0) is 31.0 Å². The van der Waals surface area contributed by atoms with E-state index in [0.717, 1.165) is 29.3 Å². The van der Waals surface area contributed by atoms with E-state index in [2.05, 4.69) is 10.6 Å². The normalized spacial score (nSPS) is 17.9. The van der Waals surface area contributed by atoms with Crippen LogP contribution in [0.25, 0.3) is 0 Å². The minimum Gasteiger partial charge on any atom is -0.360 e. The van der Waals surface area contributed by atoms with Crippen molar-refractivity contribution in [1.82, 2.24) is 14.9 Å². The van der Waals surface area contributed by atoms with E-state index < -0.39 is 44.6 Å². The van der Waals surface area contributed by atoms with E-state index in [-0.39, 0.29) is 19.7 Å². The largest absolute Gasteiger partial charge is 0.360 e. The molecule has 0 aliphatic carbocycles. The van der Waals surface area contributed by atoms with Crippen LogP contribution in [-0.2, 0) is 24.3 Å². The molecule has 0 aromatic heterocycles. The van der Waals surface area contributed by atoms with Crippen LogP contribution in [0.1, 0.15) is 26.2 Å². The van der Waals surface area contributed by atoms with Crippen LogP contribution < -0.4 is 10.6 Å². The number of carbonyl (C=O) groups excluding carboxylic acids is 2. The maximum Gasteiger partial charge on any atom is 0.309 e. The van der Waals surface area contributed by atoms with Crippen molar-refractivity contribution < 1.29 is 31.5 Å². The molecule has 156 valence electrons. The van der Waals surface area contributed by atoms with Crippen molar-refractivity contribution in [3.05, 3.63) is 29.8 Å². The van der Waals surface area contributed by atoms with Gasteiger partial charge >= 0.3 is 11.8 Å². The van der Waals surface area contributed by atoms with Crippen LogP contribution in [0.5, 0.6) is 0 Å². The third-order valence-electron chi connectivity index (χ3n) is 4.09. The van der Waals surface area contributed by atoms with Gasteiger partial charge in [-0.2, -0.15) is 4.31 Å². The van der Waals surface area contributed by atoms with Gasteiger partial charge in [0.25, 0.3) is 0 Å². The molecule has 1 fully saturated rings. The van der Waals surface area contributed by atoms with Gasteiger partial charge in [-0.15, -0.1) is 0 Å². The maximum absolute atomic E-state index is 14.0. The summed E-state index contributed by atoms with van der Waals surface area (Å²) >= 11 is 0. The number of carbonyl (C=O) groups is 2. The molecular weight excluding hydrogens is 396 g/mol. The number of hydrogen-bond acceptors (Lipinski definition) is 5. The third kappa shape index (κ3) is 5.46. The molecule has 2 N–H and O–H groups in total. The van der Waals surface area contributed by atoms with Crippen molar-refractivity contribution in [2.45, 2.75) is 37.3 Å². The Bertz CT molecular complexity index is 819. The molecule has 2 amide bonds. The Morgan fingerprint density at radius 2 is 1.96 bits per heavy atom. The number of sulfonamides is 1. The van der Waals surface area contributed by atoms with Crippen LogP contribution in [0.15, 0.2) is 23.1 Å². The summed E-state index contributed by atoms with van der Waals surface area (Å²) in [6.07, 6.45) is 0.767. The summed E-state index contributed by atoms with van der Waals surface area (Å²) in [4.78, 5) is 22.7. The zero-order valence-electron chi connectivity index (χ0n) is 15.4. The van der Waals surface area contributed by atoms with Crippen molar-refractivity contribution in [2.24, 2.45) is 0 Å². The van der Waals surface area contributed by atoms with E-state index in [1.165, 1.54) is 0 Å². The molecule has 0 spiro atoms. The molecule has 1 atom stereocenters. The Morgan fingerprint density at radius 1 is 1.25 bits per heavy atom. The summed E-state index contributed by atoms with van der Waals surface area (Å²) < 4.78 is 59.2. The highest BCUT2D eigenvalue weighted by atomic mass is 32.2. The molecule has 2 rings (SSSR count). The molecule has 1 aromatic carbocycles. The van der Waals surface area contributed by atoms with Crippen molar-refractivity contribution >= 4 is 21.8 Å². The van der Waals surface area contributed by atoms with Crippen LogP contribution in [0, 0.1) is 11.6 Å². The monoisotopic (exact) mass is 419 g/mol. The smallest absolute Gasteiger partial charge is 0.309 e. The second-order valence-corrected chi connectivity index (χ2v) is 8.05. The van der Waals surface area contributed by atoms with E-state index in [1.807, 2.05) is 6.92 Å².